The molecule has 0 bridgehead atoms. The molecule has 5 nitrogen and oxygen atoms in total. The number of aliphatic hydroxyl groups excluding tert-OH is 1. The van der Waals surface area contributed by atoms with Crippen LogP contribution in [0, 0.1) is 0 Å². The number of amides is 1. The van der Waals surface area contributed by atoms with E-state index in [1.165, 1.54) is 5.56 Å². The zero-order chi connectivity index (χ0) is 19.0. The Morgan fingerprint density at radius 1 is 1.30 bits per heavy atom. The zero-order valence-corrected chi connectivity index (χ0v) is 15.7. The maximum Gasteiger partial charge on any atom is 0.251 e. The number of ether oxygens (including phenoxy) is 2. The van der Waals surface area contributed by atoms with Crippen LogP contribution in [-0.4, -0.2) is 36.4 Å². The second-order valence-electron chi connectivity index (χ2n) is 7.74. The van der Waals surface area contributed by atoms with Gasteiger partial charge in [-0.1, -0.05) is 24.3 Å². The predicted molar refractivity (Wildman–Crippen MR) is 102 cm³/mol. The first-order chi connectivity index (χ1) is 13.0. The Morgan fingerprint density at radius 2 is 2.11 bits per heavy atom. The summed E-state index contributed by atoms with van der Waals surface area (Å²) in [5.41, 5.74) is 3.37. The number of nitrogens with one attached hydrogen (secondary N) is 1. The van der Waals surface area contributed by atoms with E-state index in [9.17, 15) is 9.90 Å². The number of fused-ring (bicyclic) bond motifs is 2. The number of rotatable bonds is 4. The standard InChI is InChI=1S/C22H25NO4/c1-22(13-26-2)12-16-11-15(8-10-19(16)27-22)21(25)23-20-17-6-4-3-5-14(17)7-9-18(20)24/h3-6,8,10-11,18,20,24H,7,9,12-13H2,1-2H3,(H,23,25)/t18-,20-,22+/m0/s1. The van der Waals surface area contributed by atoms with Crippen LogP contribution in [0.25, 0.3) is 0 Å². The van der Waals surface area contributed by atoms with Crippen molar-refractivity contribution in [3.05, 3.63) is 64.7 Å². The molecule has 0 radical (unpaired) electrons. The summed E-state index contributed by atoms with van der Waals surface area (Å²) < 4.78 is 11.2. The fourth-order valence-corrected chi connectivity index (χ4v) is 4.19. The highest BCUT2D eigenvalue weighted by Gasteiger charge is 2.35. The highest BCUT2D eigenvalue weighted by atomic mass is 16.5. The van der Waals surface area contributed by atoms with E-state index in [1.807, 2.05) is 37.3 Å². The van der Waals surface area contributed by atoms with Crippen LogP contribution in [0.15, 0.2) is 42.5 Å². The molecule has 0 unspecified atom stereocenters. The van der Waals surface area contributed by atoms with Gasteiger partial charge in [0.15, 0.2) is 0 Å². The summed E-state index contributed by atoms with van der Waals surface area (Å²) in [6, 6.07) is 13.1. The number of benzene rings is 2. The van der Waals surface area contributed by atoms with E-state index < -0.39 is 11.7 Å². The Hall–Kier alpha value is -2.37. The molecule has 0 fully saturated rings. The second kappa shape index (κ2) is 6.98. The SMILES string of the molecule is COC[C@@]1(C)Cc2cc(C(=O)N[C@H]3c4ccccc4CC[C@@H]3O)ccc2O1. The van der Waals surface area contributed by atoms with Gasteiger partial charge < -0.3 is 19.9 Å². The molecule has 1 heterocycles. The zero-order valence-electron chi connectivity index (χ0n) is 15.7. The monoisotopic (exact) mass is 367 g/mol. The average Bonchev–Trinajstić information content (AvgIpc) is 2.99. The third-order valence-corrected chi connectivity index (χ3v) is 5.46. The lowest BCUT2D eigenvalue weighted by molar-refractivity contribution is 0.0205. The van der Waals surface area contributed by atoms with Crippen LogP contribution < -0.4 is 10.1 Å². The summed E-state index contributed by atoms with van der Waals surface area (Å²) in [6.07, 6.45) is 1.60. The number of methoxy groups -OCH3 is 1. The molecule has 2 N–H and O–H groups in total. The van der Waals surface area contributed by atoms with E-state index in [-0.39, 0.29) is 11.9 Å². The number of carbonyl (C=O) groups excluding carboxylic acids is 1. The quantitative estimate of drug-likeness (QED) is 0.872. The number of aliphatic hydroxyl groups is 1. The molecule has 4 rings (SSSR count). The van der Waals surface area contributed by atoms with E-state index in [0.29, 0.717) is 25.0 Å². The molecule has 3 atom stereocenters. The van der Waals surface area contributed by atoms with Crippen LogP contribution in [0.3, 0.4) is 0 Å². The van der Waals surface area contributed by atoms with Crippen molar-refractivity contribution in [1.82, 2.24) is 5.32 Å². The first-order valence-corrected chi connectivity index (χ1v) is 9.37. The highest BCUT2D eigenvalue weighted by Crippen LogP contribution is 2.36. The number of hydrogen-bond acceptors (Lipinski definition) is 4. The Morgan fingerprint density at radius 3 is 2.93 bits per heavy atom. The van der Waals surface area contributed by atoms with Crippen LogP contribution in [-0.2, 0) is 17.6 Å². The molecule has 2 aromatic rings. The molecule has 0 spiro atoms. The molecule has 1 aliphatic carbocycles. The molecule has 2 aliphatic rings. The predicted octanol–water partition coefficient (Wildman–Crippen LogP) is 2.80. The van der Waals surface area contributed by atoms with Gasteiger partial charge >= 0.3 is 0 Å². The Bertz CT molecular complexity index is 865. The average molecular weight is 367 g/mol. The summed E-state index contributed by atoms with van der Waals surface area (Å²) in [5.74, 6) is 0.619. The molecular formula is C22H25NO4. The van der Waals surface area contributed by atoms with Gasteiger partial charge in [-0.3, -0.25) is 4.79 Å². The van der Waals surface area contributed by atoms with E-state index in [1.54, 1.807) is 13.2 Å². The third-order valence-electron chi connectivity index (χ3n) is 5.46. The lowest BCUT2D eigenvalue weighted by atomic mass is 9.85. The van der Waals surface area contributed by atoms with Crippen molar-refractivity contribution in [3.63, 3.8) is 0 Å². The normalized spacial score (nSPS) is 26.0. The van der Waals surface area contributed by atoms with E-state index in [4.69, 9.17) is 9.47 Å². The van der Waals surface area contributed by atoms with Crippen LogP contribution in [0.2, 0.25) is 0 Å². The summed E-state index contributed by atoms with van der Waals surface area (Å²) in [6.45, 7) is 2.50. The van der Waals surface area contributed by atoms with Crippen LogP contribution in [0.1, 0.15) is 46.4 Å². The molecule has 0 aromatic heterocycles. The fourth-order valence-electron chi connectivity index (χ4n) is 4.19. The number of carbonyl (C=O) groups is 1. The molecule has 1 aliphatic heterocycles. The molecule has 2 aromatic carbocycles. The maximum absolute atomic E-state index is 12.9. The van der Waals surface area contributed by atoms with Crippen molar-refractivity contribution < 1.29 is 19.4 Å². The minimum atomic E-state index is -0.577. The number of hydrogen-bond donors (Lipinski definition) is 2. The number of aryl methyl sites for hydroxylation is 1. The highest BCUT2D eigenvalue weighted by molar-refractivity contribution is 5.95. The largest absolute Gasteiger partial charge is 0.485 e. The van der Waals surface area contributed by atoms with Gasteiger partial charge in [-0.2, -0.15) is 0 Å². The first kappa shape index (κ1) is 18.0. The lowest BCUT2D eigenvalue weighted by Crippen LogP contribution is -2.39. The van der Waals surface area contributed by atoms with Crippen molar-refractivity contribution in [2.45, 2.75) is 43.9 Å². The van der Waals surface area contributed by atoms with Crippen LogP contribution in [0.4, 0.5) is 0 Å². The summed E-state index contributed by atoms with van der Waals surface area (Å²) >= 11 is 0. The van der Waals surface area contributed by atoms with Gasteiger partial charge in [-0.25, -0.2) is 0 Å². The molecule has 142 valence electrons. The van der Waals surface area contributed by atoms with Crippen molar-refractivity contribution in [3.8, 4) is 5.75 Å². The van der Waals surface area contributed by atoms with Crippen LogP contribution >= 0.6 is 0 Å². The Balaban J connectivity index is 1.54. The molecule has 0 saturated carbocycles. The first-order valence-electron chi connectivity index (χ1n) is 9.37. The molecule has 0 saturated heterocycles. The van der Waals surface area contributed by atoms with Gasteiger partial charge in [0.2, 0.25) is 0 Å². The summed E-state index contributed by atoms with van der Waals surface area (Å²) in [7, 11) is 1.66. The molecule has 1 amide bonds. The Labute approximate surface area is 159 Å². The Kier molecular flexibility index (Phi) is 4.66. The van der Waals surface area contributed by atoms with Crippen molar-refractivity contribution in [1.29, 1.82) is 0 Å². The lowest BCUT2D eigenvalue weighted by Gasteiger charge is -2.31. The van der Waals surface area contributed by atoms with Gasteiger partial charge in [-0.05, 0) is 54.7 Å². The van der Waals surface area contributed by atoms with E-state index >= 15 is 0 Å². The minimum Gasteiger partial charge on any atom is -0.485 e. The maximum atomic E-state index is 12.9. The summed E-state index contributed by atoms with van der Waals surface area (Å²) in [5, 5.41) is 13.5. The van der Waals surface area contributed by atoms with Crippen molar-refractivity contribution >= 4 is 5.91 Å². The topological polar surface area (TPSA) is 67.8 Å². The van der Waals surface area contributed by atoms with Crippen molar-refractivity contribution in [2.24, 2.45) is 0 Å². The van der Waals surface area contributed by atoms with Gasteiger partial charge in [0, 0.05) is 19.1 Å². The fraction of sp³-hybridized carbons (Fsp3) is 0.409. The van der Waals surface area contributed by atoms with Gasteiger partial charge in [0.25, 0.3) is 5.91 Å². The van der Waals surface area contributed by atoms with Crippen LogP contribution in [0.5, 0.6) is 5.75 Å². The molecule has 5 heteroatoms. The van der Waals surface area contributed by atoms with Gasteiger partial charge in [-0.15, -0.1) is 0 Å². The van der Waals surface area contributed by atoms with Gasteiger partial charge in [0.05, 0.1) is 18.8 Å². The minimum absolute atomic E-state index is 0.182. The smallest absolute Gasteiger partial charge is 0.251 e. The van der Waals surface area contributed by atoms with Gasteiger partial charge in [0.1, 0.15) is 11.4 Å². The second-order valence-corrected chi connectivity index (χ2v) is 7.74. The van der Waals surface area contributed by atoms with Crippen molar-refractivity contribution in [2.75, 3.05) is 13.7 Å². The molecular weight excluding hydrogens is 342 g/mol. The van der Waals surface area contributed by atoms with E-state index in [2.05, 4.69) is 11.4 Å². The summed E-state index contributed by atoms with van der Waals surface area (Å²) in [4.78, 5) is 12.9. The van der Waals surface area contributed by atoms with E-state index in [0.717, 1.165) is 23.3 Å². The third kappa shape index (κ3) is 3.45. The molecule has 27 heavy (non-hydrogen) atoms.